The molecule has 0 unspecified atom stereocenters. The summed E-state index contributed by atoms with van der Waals surface area (Å²) in [4.78, 5) is 14.2. The van der Waals surface area contributed by atoms with Gasteiger partial charge in [0.05, 0.1) is 0 Å². The zero-order valence-corrected chi connectivity index (χ0v) is 14.5. The van der Waals surface area contributed by atoms with Crippen molar-refractivity contribution in [3.63, 3.8) is 0 Å². The number of nitrogens with one attached hydrogen (secondary N) is 1. The fourth-order valence-corrected chi connectivity index (χ4v) is 2.52. The molecule has 0 saturated carbocycles. The molecule has 1 aromatic rings. The van der Waals surface area contributed by atoms with E-state index in [4.69, 9.17) is 0 Å². The van der Waals surface area contributed by atoms with E-state index in [1.54, 1.807) is 0 Å². The molecule has 0 aliphatic rings. The summed E-state index contributed by atoms with van der Waals surface area (Å²) < 4.78 is 0. The van der Waals surface area contributed by atoms with Gasteiger partial charge in [0.15, 0.2) is 0 Å². The van der Waals surface area contributed by atoms with Crippen molar-refractivity contribution in [3.05, 3.63) is 35.4 Å². The third-order valence-electron chi connectivity index (χ3n) is 4.11. The van der Waals surface area contributed by atoms with Gasteiger partial charge in [0, 0.05) is 13.0 Å². The first-order valence-corrected chi connectivity index (χ1v) is 8.70. The highest BCUT2D eigenvalue weighted by Gasteiger charge is 2.02. The molecular weight excluding hydrogens is 272 g/mol. The van der Waals surface area contributed by atoms with Crippen molar-refractivity contribution >= 4 is 5.91 Å². The van der Waals surface area contributed by atoms with Gasteiger partial charge in [-0.25, -0.2) is 0 Å². The van der Waals surface area contributed by atoms with Gasteiger partial charge in [0.25, 0.3) is 0 Å². The van der Waals surface area contributed by atoms with Crippen LogP contribution in [0.2, 0.25) is 0 Å². The summed E-state index contributed by atoms with van der Waals surface area (Å²) in [7, 11) is 0. The standard InChI is InChI=1S/C19H32N2O/c1-4-21(5-2)16-7-6-15-20-19(22)10-8-9-18-13-11-17(3)12-14-18/h11-14H,4-10,15-16H2,1-3H3,(H,20,22). The minimum atomic E-state index is 0.190. The molecule has 0 aliphatic heterocycles. The van der Waals surface area contributed by atoms with Crippen LogP contribution < -0.4 is 5.32 Å². The van der Waals surface area contributed by atoms with Crippen LogP contribution in [0.25, 0.3) is 0 Å². The van der Waals surface area contributed by atoms with Crippen molar-refractivity contribution < 1.29 is 4.79 Å². The molecule has 1 amide bonds. The van der Waals surface area contributed by atoms with Crippen LogP contribution in [0.3, 0.4) is 0 Å². The van der Waals surface area contributed by atoms with E-state index in [1.165, 1.54) is 11.1 Å². The highest BCUT2D eigenvalue weighted by Crippen LogP contribution is 2.07. The first-order chi connectivity index (χ1) is 10.7. The summed E-state index contributed by atoms with van der Waals surface area (Å²) in [5.74, 6) is 0.190. The lowest BCUT2D eigenvalue weighted by molar-refractivity contribution is -0.121. The SMILES string of the molecule is CCN(CC)CCCCNC(=O)CCCc1ccc(C)cc1. The van der Waals surface area contributed by atoms with Crippen molar-refractivity contribution in [2.75, 3.05) is 26.2 Å². The maximum atomic E-state index is 11.8. The lowest BCUT2D eigenvalue weighted by Gasteiger charge is -2.17. The number of hydrogen-bond acceptors (Lipinski definition) is 2. The lowest BCUT2D eigenvalue weighted by atomic mass is 10.1. The van der Waals surface area contributed by atoms with Crippen LogP contribution in [-0.4, -0.2) is 37.0 Å². The summed E-state index contributed by atoms with van der Waals surface area (Å²) in [6, 6.07) is 8.57. The number of benzene rings is 1. The third kappa shape index (κ3) is 8.18. The van der Waals surface area contributed by atoms with E-state index in [9.17, 15) is 4.79 Å². The molecular formula is C19H32N2O. The maximum absolute atomic E-state index is 11.8. The average molecular weight is 304 g/mol. The lowest BCUT2D eigenvalue weighted by Crippen LogP contribution is -2.27. The molecule has 0 bridgehead atoms. The topological polar surface area (TPSA) is 32.3 Å². The van der Waals surface area contributed by atoms with Crippen LogP contribution in [-0.2, 0) is 11.2 Å². The Bertz CT molecular complexity index is 410. The van der Waals surface area contributed by atoms with Crippen LogP contribution >= 0.6 is 0 Å². The number of rotatable bonds is 11. The predicted octanol–water partition coefficient (Wildman–Crippen LogP) is 3.56. The molecule has 0 fully saturated rings. The predicted molar refractivity (Wildman–Crippen MR) is 94.1 cm³/mol. The van der Waals surface area contributed by atoms with Crippen molar-refractivity contribution in [3.8, 4) is 0 Å². The van der Waals surface area contributed by atoms with Crippen LogP contribution in [0.1, 0.15) is 50.7 Å². The third-order valence-corrected chi connectivity index (χ3v) is 4.11. The minimum absolute atomic E-state index is 0.190. The molecule has 0 radical (unpaired) electrons. The monoisotopic (exact) mass is 304 g/mol. The Balaban J connectivity index is 2.03. The summed E-state index contributed by atoms with van der Waals surface area (Å²) in [6.45, 7) is 10.7. The number of aryl methyl sites for hydroxylation is 2. The fraction of sp³-hybridized carbons (Fsp3) is 0.632. The van der Waals surface area contributed by atoms with Crippen LogP contribution in [0, 0.1) is 6.92 Å². The summed E-state index contributed by atoms with van der Waals surface area (Å²) in [5, 5.41) is 3.03. The molecule has 1 N–H and O–H groups in total. The van der Waals surface area contributed by atoms with Gasteiger partial charge in [-0.3, -0.25) is 4.79 Å². The van der Waals surface area contributed by atoms with Gasteiger partial charge in [-0.05, 0) is 57.8 Å². The molecule has 0 heterocycles. The Morgan fingerprint density at radius 1 is 1.05 bits per heavy atom. The van der Waals surface area contributed by atoms with Crippen molar-refractivity contribution in [1.82, 2.24) is 10.2 Å². The van der Waals surface area contributed by atoms with Crippen molar-refractivity contribution in [1.29, 1.82) is 0 Å². The average Bonchev–Trinajstić information content (AvgIpc) is 2.53. The second-order valence-corrected chi connectivity index (χ2v) is 5.92. The zero-order chi connectivity index (χ0) is 16.2. The maximum Gasteiger partial charge on any atom is 0.220 e. The molecule has 22 heavy (non-hydrogen) atoms. The molecule has 0 saturated heterocycles. The molecule has 0 spiro atoms. The van der Waals surface area contributed by atoms with Crippen molar-refractivity contribution in [2.24, 2.45) is 0 Å². The summed E-state index contributed by atoms with van der Waals surface area (Å²) in [6.07, 6.45) is 4.76. The Labute approximate surface area is 136 Å². The molecule has 124 valence electrons. The molecule has 3 heteroatoms. The van der Waals surface area contributed by atoms with Crippen LogP contribution in [0.5, 0.6) is 0 Å². The molecule has 1 rings (SSSR count). The number of hydrogen-bond donors (Lipinski definition) is 1. The zero-order valence-electron chi connectivity index (χ0n) is 14.5. The Kier molecular flexibility index (Phi) is 9.56. The van der Waals surface area contributed by atoms with Crippen LogP contribution in [0.15, 0.2) is 24.3 Å². The van der Waals surface area contributed by atoms with E-state index in [2.05, 4.69) is 55.3 Å². The minimum Gasteiger partial charge on any atom is -0.356 e. The first-order valence-electron chi connectivity index (χ1n) is 8.70. The van der Waals surface area contributed by atoms with Gasteiger partial charge in [0.2, 0.25) is 5.91 Å². The van der Waals surface area contributed by atoms with Gasteiger partial charge in [-0.1, -0.05) is 43.7 Å². The van der Waals surface area contributed by atoms with Crippen molar-refractivity contribution in [2.45, 2.75) is 52.9 Å². The van der Waals surface area contributed by atoms with E-state index in [-0.39, 0.29) is 5.91 Å². The van der Waals surface area contributed by atoms with Gasteiger partial charge in [0.1, 0.15) is 0 Å². The number of carbonyl (C=O) groups is 1. The summed E-state index contributed by atoms with van der Waals surface area (Å²) >= 11 is 0. The highest BCUT2D eigenvalue weighted by molar-refractivity contribution is 5.75. The Hall–Kier alpha value is -1.35. The van der Waals surface area contributed by atoms with Gasteiger partial charge in [-0.2, -0.15) is 0 Å². The van der Waals surface area contributed by atoms with E-state index in [1.807, 2.05) is 0 Å². The molecule has 0 aliphatic carbocycles. The van der Waals surface area contributed by atoms with E-state index in [0.717, 1.165) is 51.9 Å². The Morgan fingerprint density at radius 3 is 2.36 bits per heavy atom. The van der Waals surface area contributed by atoms with Gasteiger partial charge < -0.3 is 10.2 Å². The van der Waals surface area contributed by atoms with E-state index >= 15 is 0 Å². The van der Waals surface area contributed by atoms with Gasteiger partial charge in [-0.15, -0.1) is 0 Å². The normalized spacial score (nSPS) is 10.9. The molecule has 3 nitrogen and oxygen atoms in total. The Morgan fingerprint density at radius 2 is 1.73 bits per heavy atom. The molecule has 0 aromatic heterocycles. The second-order valence-electron chi connectivity index (χ2n) is 5.92. The summed E-state index contributed by atoms with van der Waals surface area (Å²) in [5.41, 5.74) is 2.60. The van der Waals surface area contributed by atoms with E-state index < -0.39 is 0 Å². The molecule has 1 aromatic carbocycles. The number of carbonyl (C=O) groups excluding carboxylic acids is 1. The number of nitrogens with zero attached hydrogens (tertiary/aromatic N) is 1. The quantitative estimate of drug-likeness (QED) is 0.634. The van der Waals surface area contributed by atoms with E-state index in [0.29, 0.717) is 6.42 Å². The van der Waals surface area contributed by atoms with Crippen LogP contribution in [0.4, 0.5) is 0 Å². The smallest absolute Gasteiger partial charge is 0.220 e. The highest BCUT2D eigenvalue weighted by atomic mass is 16.1. The second kappa shape index (κ2) is 11.2. The first kappa shape index (κ1) is 18.7. The number of unbranched alkanes of at least 4 members (excludes halogenated alkanes) is 1. The largest absolute Gasteiger partial charge is 0.356 e. The van der Waals surface area contributed by atoms with Gasteiger partial charge >= 0.3 is 0 Å². The molecule has 0 atom stereocenters. The number of amides is 1. The fourth-order valence-electron chi connectivity index (χ4n) is 2.52.